The molecule has 0 aliphatic heterocycles. The maximum Gasteiger partial charge on any atom is 0.423 e. The third kappa shape index (κ3) is 5.28. The van der Waals surface area contributed by atoms with Crippen molar-refractivity contribution in [2.75, 3.05) is 0 Å². The third-order valence-electron chi connectivity index (χ3n) is 5.18. The summed E-state index contributed by atoms with van der Waals surface area (Å²) in [6, 6.07) is 11.1. The van der Waals surface area contributed by atoms with Gasteiger partial charge in [-0.05, 0) is 48.2 Å². The molecule has 3 aromatic rings. The molecule has 0 bridgehead atoms. The molecule has 0 radical (unpaired) electrons. The number of alkyl halides is 6. The van der Waals surface area contributed by atoms with Crippen molar-refractivity contribution in [2.45, 2.75) is 44.8 Å². The molecule has 0 aliphatic carbocycles. The van der Waals surface area contributed by atoms with Crippen LogP contribution in [-0.2, 0) is 16.0 Å². The summed E-state index contributed by atoms with van der Waals surface area (Å²) in [4.78, 5) is 16.2. The number of aliphatic carboxylic acids is 1. The Morgan fingerprint density at radius 2 is 1.65 bits per heavy atom. The summed E-state index contributed by atoms with van der Waals surface area (Å²) in [7, 11) is 0. The van der Waals surface area contributed by atoms with Crippen LogP contribution in [0.2, 0.25) is 5.02 Å². The van der Waals surface area contributed by atoms with Crippen LogP contribution in [0.15, 0.2) is 42.5 Å². The van der Waals surface area contributed by atoms with Crippen LogP contribution >= 0.6 is 11.6 Å². The fourth-order valence-electron chi connectivity index (χ4n) is 3.64. The number of carbonyl (C=O) groups is 1. The monoisotopic (exact) mass is 505 g/mol. The summed E-state index contributed by atoms with van der Waals surface area (Å²) >= 11 is 6.09. The van der Waals surface area contributed by atoms with E-state index in [1.807, 2.05) is 6.92 Å². The van der Waals surface area contributed by atoms with E-state index in [4.69, 9.17) is 11.6 Å². The number of nitrogens with zero attached hydrogens (tertiary/aromatic N) is 1. The molecule has 0 aliphatic rings. The summed E-state index contributed by atoms with van der Waals surface area (Å²) < 4.78 is 83.5. The maximum atomic E-state index is 13.2. The Morgan fingerprint density at radius 3 is 2.15 bits per heavy atom. The molecule has 1 N–H and O–H groups in total. The highest BCUT2D eigenvalue weighted by atomic mass is 35.5. The van der Waals surface area contributed by atoms with Crippen molar-refractivity contribution in [1.29, 1.82) is 0 Å². The van der Waals surface area contributed by atoms with Gasteiger partial charge in [0.15, 0.2) is 6.10 Å². The molecule has 0 saturated carbocycles. The van der Waals surface area contributed by atoms with Gasteiger partial charge in [-0.25, -0.2) is 4.79 Å². The van der Waals surface area contributed by atoms with E-state index >= 15 is 0 Å². The van der Waals surface area contributed by atoms with Crippen LogP contribution in [0.25, 0.3) is 22.0 Å². The smallest absolute Gasteiger partial charge is 0.423 e. The van der Waals surface area contributed by atoms with Gasteiger partial charge in [0.2, 0.25) is 0 Å². The van der Waals surface area contributed by atoms with Crippen LogP contribution in [-0.4, -0.2) is 34.5 Å². The van der Waals surface area contributed by atoms with Gasteiger partial charge in [0, 0.05) is 21.7 Å². The largest absolute Gasteiger partial charge is 0.479 e. The number of fused-ring (bicyclic) bond motifs is 1. The van der Waals surface area contributed by atoms with E-state index in [1.54, 1.807) is 24.3 Å². The SMILES string of the molecule is CCc1ccc(-c2c(C(OC(C(F)(F)F)C(F)(F)F)C(=O)O)c(C)nc3ccc(Cl)cc23)cc1. The predicted octanol–water partition coefficient (Wildman–Crippen LogP) is 7.06. The van der Waals surface area contributed by atoms with Crippen LogP contribution in [0.1, 0.15) is 29.8 Å². The van der Waals surface area contributed by atoms with Crippen molar-refractivity contribution < 1.29 is 41.0 Å². The first-order chi connectivity index (χ1) is 15.7. The van der Waals surface area contributed by atoms with Crippen molar-refractivity contribution in [3.8, 4) is 11.1 Å². The summed E-state index contributed by atoms with van der Waals surface area (Å²) in [5.74, 6) is -2.03. The van der Waals surface area contributed by atoms with E-state index in [0.29, 0.717) is 17.5 Å². The molecular weight excluding hydrogens is 488 g/mol. The number of aromatic nitrogens is 1. The first kappa shape index (κ1) is 25.8. The lowest BCUT2D eigenvalue weighted by Gasteiger charge is -2.28. The molecule has 1 atom stereocenters. The van der Waals surface area contributed by atoms with E-state index < -0.39 is 36.1 Å². The molecule has 0 amide bonds. The van der Waals surface area contributed by atoms with E-state index in [-0.39, 0.29) is 21.7 Å². The minimum absolute atomic E-state index is 0.0724. The topological polar surface area (TPSA) is 59.4 Å². The molecule has 1 unspecified atom stereocenters. The van der Waals surface area contributed by atoms with Gasteiger partial charge in [-0.2, -0.15) is 26.3 Å². The predicted molar refractivity (Wildman–Crippen MR) is 114 cm³/mol. The van der Waals surface area contributed by atoms with Crippen LogP contribution in [0, 0.1) is 6.92 Å². The first-order valence-corrected chi connectivity index (χ1v) is 10.3. The fourth-order valence-corrected chi connectivity index (χ4v) is 3.81. The molecule has 2 aromatic carbocycles. The number of hydrogen-bond donors (Lipinski definition) is 1. The number of benzene rings is 2. The van der Waals surface area contributed by atoms with Gasteiger partial charge in [-0.1, -0.05) is 42.8 Å². The van der Waals surface area contributed by atoms with Crippen LogP contribution in [0.5, 0.6) is 0 Å². The molecular formula is C23H18ClF6NO3. The Morgan fingerprint density at radius 1 is 1.06 bits per heavy atom. The fraction of sp³-hybridized carbons (Fsp3) is 0.304. The molecule has 4 nitrogen and oxygen atoms in total. The second-order valence-electron chi connectivity index (χ2n) is 7.52. The summed E-state index contributed by atoms with van der Waals surface area (Å²) in [5, 5.41) is 10.2. The Labute approximate surface area is 195 Å². The second-order valence-corrected chi connectivity index (χ2v) is 7.95. The van der Waals surface area contributed by atoms with Crippen molar-refractivity contribution in [3.63, 3.8) is 0 Å². The first-order valence-electron chi connectivity index (χ1n) is 9.94. The minimum Gasteiger partial charge on any atom is -0.479 e. The average molecular weight is 506 g/mol. The Kier molecular flexibility index (Phi) is 7.14. The van der Waals surface area contributed by atoms with Gasteiger partial charge >= 0.3 is 18.3 Å². The van der Waals surface area contributed by atoms with Crippen molar-refractivity contribution in [2.24, 2.45) is 0 Å². The van der Waals surface area contributed by atoms with Crippen LogP contribution in [0.3, 0.4) is 0 Å². The Hall–Kier alpha value is -2.85. The quantitative estimate of drug-likeness (QED) is 0.364. The number of pyridine rings is 1. The lowest BCUT2D eigenvalue weighted by atomic mass is 9.90. The molecule has 34 heavy (non-hydrogen) atoms. The lowest BCUT2D eigenvalue weighted by Crippen LogP contribution is -2.46. The van der Waals surface area contributed by atoms with Gasteiger partial charge < -0.3 is 9.84 Å². The maximum absolute atomic E-state index is 13.2. The van der Waals surface area contributed by atoms with Gasteiger partial charge in [0.25, 0.3) is 6.10 Å². The zero-order valence-corrected chi connectivity index (χ0v) is 18.5. The van der Waals surface area contributed by atoms with Gasteiger partial charge in [-0.3, -0.25) is 4.98 Å². The molecule has 11 heteroatoms. The number of carboxylic acids is 1. The van der Waals surface area contributed by atoms with Gasteiger partial charge in [0.1, 0.15) is 0 Å². The number of halogens is 7. The molecule has 182 valence electrons. The standard InChI is InChI=1S/C23H18ClF6NO3/c1-3-12-4-6-13(7-5-12)18-15-10-14(24)8-9-16(15)31-11(2)17(18)19(20(32)33)34-21(22(25,26)27)23(28,29)30/h4-10,19,21H,3H2,1-2H3,(H,32,33). The number of ether oxygens (including phenoxy) is 1. The van der Waals surface area contributed by atoms with Crippen LogP contribution in [0.4, 0.5) is 26.3 Å². The average Bonchev–Trinajstić information content (AvgIpc) is 2.72. The molecule has 1 heterocycles. The summed E-state index contributed by atoms with van der Waals surface area (Å²) in [5.41, 5.74) is 1.15. The van der Waals surface area contributed by atoms with Crippen molar-refractivity contribution >= 4 is 28.5 Å². The highest BCUT2D eigenvalue weighted by Crippen LogP contribution is 2.43. The van der Waals surface area contributed by atoms with E-state index in [1.165, 1.54) is 25.1 Å². The van der Waals surface area contributed by atoms with Gasteiger partial charge in [-0.15, -0.1) is 0 Å². The Bertz CT molecular complexity index is 1190. The Balaban J connectivity index is 2.34. The highest BCUT2D eigenvalue weighted by Gasteiger charge is 2.59. The number of rotatable bonds is 6. The minimum atomic E-state index is -5.89. The molecule has 3 rings (SSSR count). The zero-order chi connectivity index (χ0) is 25.4. The normalized spacial score (nSPS) is 13.5. The third-order valence-corrected chi connectivity index (χ3v) is 5.41. The van der Waals surface area contributed by atoms with Gasteiger partial charge in [0.05, 0.1) is 5.52 Å². The van der Waals surface area contributed by atoms with E-state index in [9.17, 15) is 36.2 Å². The molecule has 0 fully saturated rings. The number of aryl methyl sites for hydroxylation is 2. The molecule has 0 spiro atoms. The summed E-state index contributed by atoms with van der Waals surface area (Å²) in [6.07, 6.45) is -18.0. The van der Waals surface area contributed by atoms with E-state index in [2.05, 4.69) is 9.72 Å². The lowest BCUT2D eigenvalue weighted by molar-refractivity contribution is -0.330. The van der Waals surface area contributed by atoms with E-state index in [0.717, 1.165) is 5.56 Å². The second kappa shape index (κ2) is 9.42. The van der Waals surface area contributed by atoms with Crippen LogP contribution < -0.4 is 0 Å². The molecule has 1 aromatic heterocycles. The summed E-state index contributed by atoms with van der Waals surface area (Å²) in [6.45, 7) is 3.19. The van der Waals surface area contributed by atoms with Crippen molar-refractivity contribution in [3.05, 3.63) is 64.3 Å². The zero-order valence-electron chi connectivity index (χ0n) is 17.8. The number of carboxylic acid groups (broad SMARTS) is 1. The molecule has 0 saturated heterocycles. The number of hydrogen-bond acceptors (Lipinski definition) is 3. The van der Waals surface area contributed by atoms with Crippen molar-refractivity contribution in [1.82, 2.24) is 4.98 Å². The highest BCUT2D eigenvalue weighted by molar-refractivity contribution is 6.31.